The Bertz CT molecular complexity index is 322. The minimum atomic E-state index is 0.388. The Morgan fingerprint density at radius 2 is 2.15 bits per heavy atom. The van der Waals surface area contributed by atoms with Crippen molar-refractivity contribution in [1.82, 2.24) is 0 Å². The predicted molar refractivity (Wildman–Crippen MR) is 54.4 cm³/mol. The molecule has 0 N–H and O–H groups in total. The fourth-order valence-corrected chi connectivity index (χ4v) is 1.48. The molecule has 0 bridgehead atoms. The van der Waals surface area contributed by atoms with Crippen LogP contribution < -0.4 is 4.74 Å². The molecule has 2 heteroatoms. The Kier molecular flexibility index (Phi) is 2.20. The molecule has 0 aliphatic heterocycles. The fraction of sp³-hybridized carbons (Fsp3) is 0.455. The summed E-state index contributed by atoms with van der Waals surface area (Å²) in [6, 6.07) is 5.87. The van der Waals surface area contributed by atoms with Gasteiger partial charge in [0.1, 0.15) is 11.9 Å². The number of benzene rings is 1. The van der Waals surface area contributed by atoms with Crippen LogP contribution in [-0.4, -0.2) is 6.10 Å². The molecule has 70 valence electrons. The zero-order chi connectivity index (χ0) is 9.42. The van der Waals surface area contributed by atoms with Crippen LogP contribution in [0.1, 0.15) is 18.9 Å². The highest BCUT2D eigenvalue weighted by atomic mass is 35.5. The molecule has 1 fully saturated rings. The molecule has 0 heterocycles. The molecule has 0 saturated heterocycles. The average molecular weight is 197 g/mol. The normalized spacial score (nSPS) is 25.8. The molecular weight excluding hydrogens is 184 g/mol. The van der Waals surface area contributed by atoms with Crippen LogP contribution in [-0.2, 0) is 0 Å². The van der Waals surface area contributed by atoms with Gasteiger partial charge in [-0.15, -0.1) is 0 Å². The van der Waals surface area contributed by atoms with Crippen LogP contribution in [0.25, 0.3) is 0 Å². The SMILES string of the molecule is Cc1ccc(Cl)c(O[C@H]2CC2C)c1. The lowest BCUT2D eigenvalue weighted by molar-refractivity contribution is 0.288. The maximum Gasteiger partial charge on any atom is 0.138 e. The van der Waals surface area contributed by atoms with E-state index in [-0.39, 0.29) is 0 Å². The molecule has 1 aliphatic carbocycles. The van der Waals surface area contributed by atoms with E-state index in [1.54, 1.807) is 0 Å². The first-order chi connectivity index (χ1) is 6.16. The molecule has 1 unspecified atom stereocenters. The number of halogens is 1. The number of hydrogen-bond donors (Lipinski definition) is 0. The summed E-state index contributed by atoms with van der Waals surface area (Å²) in [6.07, 6.45) is 1.55. The van der Waals surface area contributed by atoms with Crippen molar-refractivity contribution in [2.24, 2.45) is 5.92 Å². The third kappa shape index (κ3) is 1.97. The molecule has 0 radical (unpaired) electrons. The van der Waals surface area contributed by atoms with Gasteiger partial charge in [-0.25, -0.2) is 0 Å². The minimum absolute atomic E-state index is 0.388. The van der Waals surface area contributed by atoms with Crippen molar-refractivity contribution in [3.8, 4) is 5.75 Å². The van der Waals surface area contributed by atoms with Gasteiger partial charge in [0.25, 0.3) is 0 Å². The highest BCUT2D eigenvalue weighted by molar-refractivity contribution is 6.32. The van der Waals surface area contributed by atoms with Crippen LogP contribution in [0, 0.1) is 12.8 Å². The zero-order valence-electron chi connectivity index (χ0n) is 7.88. The summed E-state index contributed by atoms with van der Waals surface area (Å²) in [5, 5.41) is 0.713. The Hall–Kier alpha value is -0.690. The first-order valence-electron chi connectivity index (χ1n) is 4.59. The van der Waals surface area contributed by atoms with Crippen LogP contribution in [0.15, 0.2) is 18.2 Å². The van der Waals surface area contributed by atoms with E-state index in [0.717, 1.165) is 12.2 Å². The van der Waals surface area contributed by atoms with E-state index < -0.39 is 0 Å². The summed E-state index contributed by atoms with van der Waals surface area (Å²) in [5.41, 5.74) is 1.19. The Morgan fingerprint density at radius 1 is 1.46 bits per heavy atom. The molecule has 1 saturated carbocycles. The minimum Gasteiger partial charge on any atom is -0.489 e. The van der Waals surface area contributed by atoms with Gasteiger partial charge in [0.2, 0.25) is 0 Å². The third-order valence-electron chi connectivity index (χ3n) is 2.40. The van der Waals surface area contributed by atoms with Crippen LogP contribution in [0.2, 0.25) is 5.02 Å². The second-order valence-electron chi connectivity index (χ2n) is 3.80. The largest absolute Gasteiger partial charge is 0.489 e. The van der Waals surface area contributed by atoms with Gasteiger partial charge in [-0.2, -0.15) is 0 Å². The summed E-state index contributed by atoms with van der Waals surface area (Å²) >= 11 is 5.99. The van der Waals surface area contributed by atoms with E-state index in [1.165, 1.54) is 5.56 Å². The molecule has 0 spiro atoms. The third-order valence-corrected chi connectivity index (χ3v) is 2.71. The molecule has 1 aromatic carbocycles. The summed E-state index contributed by atoms with van der Waals surface area (Å²) in [7, 11) is 0. The molecule has 1 aliphatic rings. The van der Waals surface area contributed by atoms with Crippen molar-refractivity contribution in [1.29, 1.82) is 0 Å². The lowest BCUT2D eigenvalue weighted by Gasteiger charge is -2.07. The molecule has 2 rings (SSSR count). The van der Waals surface area contributed by atoms with E-state index in [2.05, 4.69) is 6.92 Å². The van der Waals surface area contributed by atoms with Crippen LogP contribution in [0.4, 0.5) is 0 Å². The van der Waals surface area contributed by atoms with Gasteiger partial charge in [0, 0.05) is 0 Å². The summed E-state index contributed by atoms with van der Waals surface area (Å²) in [5.74, 6) is 1.52. The Balaban J connectivity index is 2.14. The quantitative estimate of drug-likeness (QED) is 0.704. The van der Waals surface area contributed by atoms with Gasteiger partial charge < -0.3 is 4.74 Å². The molecule has 0 aromatic heterocycles. The van der Waals surface area contributed by atoms with Gasteiger partial charge in [0.05, 0.1) is 5.02 Å². The molecule has 2 atom stereocenters. The summed E-state index contributed by atoms with van der Waals surface area (Å²) < 4.78 is 5.72. The number of ether oxygens (including phenoxy) is 1. The zero-order valence-corrected chi connectivity index (χ0v) is 8.64. The Morgan fingerprint density at radius 3 is 2.77 bits per heavy atom. The highest BCUT2D eigenvalue weighted by Crippen LogP contribution is 2.36. The second kappa shape index (κ2) is 3.22. The van der Waals surface area contributed by atoms with Gasteiger partial charge in [-0.3, -0.25) is 0 Å². The van der Waals surface area contributed by atoms with E-state index in [4.69, 9.17) is 16.3 Å². The standard InChI is InChI=1S/C11H13ClO/c1-7-3-4-9(12)11(5-7)13-10-6-8(10)2/h3-5,8,10H,6H2,1-2H3/t8?,10-/m0/s1. The van der Waals surface area contributed by atoms with Crippen molar-refractivity contribution in [2.75, 3.05) is 0 Å². The van der Waals surface area contributed by atoms with E-state index in [1.807, 2.05) is 25.1 Å². The summed E-state index contributed by atoms with van der Waals surface area (Å²) in [4.78, 5) is 0. The monoisotopic (exact) mass is 196 g/mol. The van der Waals surface area contributed by atoms with E-state index in [0.29, 0.717) is 17.0 Å². The van der Waals surface area contributed by atoms with Crippen molar-refractivity contribution in [3.05, 3.63) is 28.8 Å². The Labute approximate surface area is 83.7 Å². The average Bonchev–Trinajstić information content (AvgIpc) is 2.75. The van der Waals surface area contributed by atoms with Crippen molar-refractivity contribution >= 4 is 11.6 Å². The lowest BCUT2D eigenvalue weighted by Crippen LogP contribution is -1.99. The van der Waals surface area contributed by atoms with Crippen molar-refractivity contribution < 1.29 is 4.74 Å². The molecular formula is C11H13ClO. The van der Waals surface area contributed by atoms with Crippen LogP contribution in [0.3, 0.4) is 0 Å². The smallest absolute Gasteiger partial charge is 0.138 e. The predicted octanol–water partition coefficient (Wildman–Crippen LogP) is 3.44. The maximum atomic E-state index is 5.99. The fourth-order valence-electron chi connectivity index (χ4n) is 1.32. The van der Waals surface area contributed by atoms with Crippen molar-refractivity contribution in [3.63, 3.8) is 0 Å². The first kappa shape index (κ1) is 8.89. The topological polar surface area (TPSA) is 9.23 Å². The summed E-state index contributed by atoms with van der Waals surface area (Å²) in [6.45, 7) is 4.23. The van der Waals surface area contributed by atoms with Crippen LogP contribution >= 0.6 is 11.6 Å². The van der Waals surface area contributed by atoms with E-state index >= 15 is 0 Å². The van der Waals surface area contributed by atoms with Gasteiger partial charge in [-0.1, -0.05) is 24.6 Å². The van der Waals surface area contributed by atoms with Gasteiger partial charge in [0.15, 0.2) is 0 Å². The van der Waals surface area contributed by atoms with Gasteiger partial charge in [-0.05, 0) is 37.0 Å². The number of hydrogen-bond acceptors (Lipinski definition) is 1. The molecule has 13 heavy (non-hydrogen) atoms. The first-order valence-corrected chi connectivity index (χ1v) is 4.97. The van der Waals surface area contributed by atoms with E-state index in [9.17, 15) is 0 Å². The highest BCUT2D eigenvalue weighted by Gasteiger charge is 2.35. The number of aryl methyl sites for hydroxylation is 1. The van der Waals surface area contributed by atoms with Crippen molar-refractivity contribution in [2.45, 2.75) is 26.4 Å². The maximum absolute atomic E-state index is 5.99. The number of rotatable bonds is 2. The van der Waals surface area contributed by atoms with Crippen LogP contribution in [0.5, 0.6) is 5.75 Å². The lowest BCUT2D eigenvalue weighted by atomic mass is 10.2. The molecule has 0 amide bonds. The van der Waals surface area contributed by atoms with Gasteiger partial charge >= 0.3 is 0 Å². The molecule has 1 nitrogen and oxygen atoms in total. The second-order valence-corrected chi connectivity index (χ2v) is 4.21. The molecule has 1 aromatic rings.